The number of nitro benzene ring substituents is 1. The second kappa shape index (κ2) is 7.69. The van der Waals surface area contributed by atoms with Gasteiger partial charge < -0.3 is 19.3 Å². The molecule has 136 valence electrons. The van der Waals surface area contributed by atoms with Crippen LogP contribution in [0.15, 0.2) is 12.1 Å². The van der Waals surface area contributed by atoms with Crippen molar-refractivity contribution in [3.05, 3.63) is 27.8 Å². The van der Waals surface area contributed by atoms with Crippen LogP contribution in [0.1, 0.15) is 18.4 Å². The molecule has 2 rings (SSSR count). The van der Waals surface area contributed by atoms with E-state index >= 15 is 0 Å². The quantitative estimate of drug-likeness (QED) is 0.605. The van der Waals surface area contributed by atoms with Crippen LogP contribution in [-0.2, 0) is 16.1 Å². The maximum atomic E-state index is 12.1. The number of carboxylic acid groups (broad SMARTS) is 1. The van der Waals surface area contributed by atoms with Gasteiger partial charge in [-0.25, -0.2) is 9.59 Å². The smallest absolute Gasteiger partial charge is 0.410 e. The molecule has 1 aliphatic rings. The third-order valence-corrected chi connectivity index (χ3v) is 3.90. The van der Waals surface area contributed by atoms with Gasteiger partial charge in [0, 0.05) is 18.2 Å². The van der Waals surface area contributed by atoms with Crippen molar-refractivity contribution in [1.82, 2.24) is 4.90 Å². The molecule has 1 fully saturated rings. The summed E-state index contributed by atoms with van der Waals surface area (Å²) in [6.45, 7) is 0.0652. The summed E-state index contributed by atoms with van der Waals surface area (Å²) in [5.41, 5.74) is 0.0873. The zero-order valence-electron chi connectivity index (χ0n) is 13.8. The van der Waals surface area contributed by atoms with E-state index in [0.29, 0.717) is 24.9 Å². The molecule has 1 aromatic rings. The molecule has 25 heavy (non-hydrogen) atoms. The number of hydrogen-bond acceptors (Lipinski definition) is 7. The number of amides is 1. The van der Waals surface area contributed by atoms with E-state index in [1.807, 2.05) is 0 Å². The fourth-order valence-electron chi connectivity index (χ4n) is 2.74. The molecule has 10 nitrogen and oxygen atoms in total. The minimum absolute atomic E-state index is 0.0781. The Bertz CT molecular complexity index is 690. The minimum atomic E-state index is -1.08. The van der Waals surface area contributed by atoms with Gasteiger partial charge in [0.05, 0.1) is 19.1 Å². The van der Waals surface area contributed by atoms with Gasteiger partial charge in [-0.2, -0.15) is 0 Å². The summed E-state index contributed by atoms with van der Waals surface area (Å²) < 4.78 is 15.3. The van der Waals surface area contributed by atoms with Crippen molar-refractivity contribution in [1.29, 1.82) is 0 Å². The lowest BCUT2D eigenvalue weighted by molar-refractivity contribution is -0.385. The van der Waals surface area contributed by atoms with Crippen LogP contribution in [0.3, 0.4) is 0 Å². The Morgan fingerprint density at radius 3 is 2.56 bits per heavy atom. The first-order valence-corrected chi connectivity index (χ1v) is 7.45. The van der Waals surface area contributed by atoms with Crippen LogP contribution in [0.5, 0.6) is 11.5 Å². The number of methoxy groups -OCH3 is 2. The lowest BCUT2D eigenvalue weighted by Gasteiger charge is -2.21. The molecule has 0 aromatic heterocycles. The Labute approximate surface area is 143 Å². The molecular weight excluding hydrogens is 336 g/mol. The first-order valence-electron chi connectivity index (χ1n) is 7.45. The van der Waals surface area contributed by atoms with Crippen molar-refractivity contribution in [3.8, 4) is 11.5 Å². The summed E-state index contributed by atoms with van der Waals surface area (Å²) in [4.78, 5) is 34.8. The summed E-state index contributed by atoms with van der Waals surface area (Å²) in [5.74, 6) is -1.07. The van der Waals surface area contributed by atoms with Crippen LogP contribution in [0.25, 0.3) is 0 Å². The molecule has 0 bridgehead atoms. The summed E-state index contributed by atoms with van der Waals surface area (Å²) in [6.07, 6.45) is 0.198. The zero-order valence-corrected chi connectivity index (χ0v) is 13.8. The third-order valence-electron chi connectivity index (χ3n) is 3.90. The highest BCUT2D eigenvalue weighted by Gasteiger charge is 2.35. The highest BCUT2D eigenvalue weighted by atomic mass is 16.6. The zero-order chi connectivity index (χ0) is 18.6. The topological polar surface area (TPSA) is 128 Å². The minimum Gasteiger partial charge on any atom is -0.492 e. The maximum Gasteiger partial charge on any atom is 0.410 e. The van der Waals surface area contributed by atoms with Gasteiger partial charge in [0.15, 0.2) is 5.75 Å². The predicted octanol–water partition coefficient (Wildman–Crippen LogP) is 1.80. The SMILES string of the molecule is COc1c(COC(=O)N2CCC[C@H]2C(=O)O)ccc([N+](=O)[O-])c1OC. The fraction of sp³-hybridized carbons (Fsp3) is 0.467. The fourth-order valence-corrected chi connectivity index (χ4v) is 2.74. The van der Waals surface area contributed by atoms with Crippen LogP contribution < -0.4 is 9.47 Å². The van der Waals surface area contributed by atoms with E-state index in [2.05, 4.69) is 0 Å². The highest BCUT2D eigenvalue weighted by Crippen LogP contribution is 2.39. The number of benzene rings is 1. The van der Waals surface area contributed by atoms with E-state index in [1.54, 1.807) is 0 Å². The maximum absolute atomic E-state index is 12.1. The van der Waals surface area contributed by atoms with Crippen LogP contribution in [0, 0.1) is 10.1 Å². The van der Waals surface area contributed by atoms with Crippen molar-refractivity contribution in [3.63, 3.8) is 0 Å². The Hall–Kier alpha value is -3.04. The van der Waals surface area contributed by atoms with E-state index < -0.39 is 23.0 Å². The number of carbonyl (C=O) groups is 2. The summed E-state index contributed by atoms with van der Waals surface area (Å²) in [6, 6.07) is 1.71. The Kier molecular flexibility index (Phi) is 5.63. The van der Waals surface area contributed by atoms with Gasteiger partial charge in [-0.15, -0.1) is 0 Å². The number of nitro groups is 1. The molecular formula is C15H18N2O8. The molecule has 1 saturated heterocycles. The summed E-state index contributed by atoms with van der Waals surface area (Å²) in [7, 11) is 2.58. The molecule has 1 atom stereocenters. The molecule has 1 N–H and O–H groups in total. The summed E-state index contributed by atoms with van der Waals surface area (Å²) >= 11 is 0. The van der Waals surface area contributed by atoms with E-state index in [4.69, 9.17) is 19.3 Å². The average Bonchev–Trinajstić information content (AvgIpc) is 3.08. The lowest BCUT2D eigenvalue weighted by Crippen LogP contribution is -2.40. The largest absolute Gasteiger partial charge is 0.492 e. The third kappa shape index (κ3) is 3.73. The molecule has 0 unspecified atom stereocenters. The number of carboxylic acids is 1. The van der Waals surface area contributed by atoms with Gasteiger partial charge >= 0.3 is 17.7 Å². The predicted molar refractivity (Wildman–Crippen MR) is 83.7 cm³/mol. The van der Waals surface area contributed by atoms with Crippen molar-refractivity contribution >= 4 is 17.7 Å². The van der Waals surface area contributed by atoms with Gasteiger partial charge in [-0.05, 0) is 18.9 Å². The number of aliphatic carboxylic acids is 1. The molecule has 0 saturated carbocycles. The standard InChI is InChI=1S/C15H18N2O8/c1-23-12-9(5-6-10(17(21)22)13(12)24-2)8-25-15(20)16-7-3-4-11(16)14(18)19/h5-6,11H,3-4,7-8H2,1-2H3,(H,18,19)/t11-/m0/s1. The van der Waals surface area contributed by atoms with Crippen LogP contribution in [0.4, 0.5) is 10.5 Å². The van der Waals surface area contributed by atoms with Crippen LogP contribution >= 0.6 is 0 Å². The van der Waals surface area contributed by atoms with E-state index in [9.17, 15) is 19.7 Å². The molecule has 1 aliphatic heterocycles. The number of carbonyl (C=O) groups excluding carboxylic acids is 1. The van der Waals surface area contributed by atoms with Crippen molar-refractivity contribution in [2.24, 2.45) is 0 Å². The number of likely N-dealkylation sites (tertiary alicyclic amines) is 1. The number of rotatable bonds is 6. The molecule has 0 spiro atoms. The first kappa shape index (κ1) is 18.3. The van der Waals surface area contributed by atoms with Gasteiger partial charge in [-0.3, -0.25) is 15.0 Å². The second-order valence-electron chi connectivity index (χ2n) is 5.31. The number of nitrogens with zero attached hydrogens (tertiary/aromatic N) is 2. The van der Waals surface area contributed by atoms with Crippen LogP contribution in [-0.4, -0.2) is 53.8 Å². The lowest BCUT2D eigenvalue weighted by atomic mass is 10.1. The van der Waals surface area contributed by atoms with Gasteiger partial charge in [0.1, 0.15) is 12.6 Å². The van der Waals surface area contributed by atoms with Gasteiger partial charge in [-0.1, -0.05) is 0 Å². The Morgan fingerprint density at radius 2 is 2.00 bits per heavy atom. The molecule has 1 aromatic carbocycles. The van der Waals surface area contributed by atoms with Crippen molar-refractivity contribution < 1.29 is 33.8 Å². The van der Waals surface area contributed by atoms with Crippen molar-refractivity contribution in [2.45, 2.75) is 25.5 Å². The monoisotopic (exact) mass is 354 g/mol. The molecule has 1 heterocycles. The van der Waals surface area contributed by atoms with E-state index in [-0.39, 0.29) is 23.8 Å². The normalized spacial score (nSPS) is 16.4. The first-order chi connectivity index (χ1) is 11.9. The Balaban J connectivity index is 2.16. The van der Waals surface area contributed by atoms with Crippen molar-refractivity contribution in [2.75, 3.05) is 20.8 Å². The van der Waals surface area contributed by atoms with Gasteiger partial charge in [0.2, 0.25) is 5.75 Å². The molecule has 0 aliphatic carbocycles. The van der Waals surface area contributed by atoms with E-state index in [0.717, 1.165) is 4.90 Å². The van der Waals surface area contributed by atoms with Crippen LogP contribution in [0.2, 0.25) is 0 Å². The molecule has 0 radical (unpaired) electrons. The number of hydrogen-bond donors (Lipinski definition) is 1. The summed E-state index contributed by atoms with van der Waals surface area (Å²) in [5, 5.41) is 20.1. The molecule has 10 heteroatoms. The van der Waals surface area contributed by atoms with Gasteiger partial charge in [0.25, 0.3) is 0 Å². The van der Waals surface area contributed by atoms with E-state index in [1.165, 1.54) is 26.4 Å². The Morgan fingerprint density at radius 1 is 1.32 bits per heavy atom. The average molecular weight is 354 g/mol. The number of ether oxygens (including phenoxy) is 3. The molecule has 1 amide bonds. The highest BCUT2D eigenvalue weighted by molar-refractivity contribution is 5.80. The second-order valence-corrected chi connectivity index (χ2v) is 5.31.